The first-order chi connectivity index (χ1) is 13.8. The molecule has 1 atom stereocenters. The Bertz CT molecular complexity index is 939. The highest BCUT2D eigenvalue weighted by Crippen LogP contribution is 2.35. The van der Waals surface area contributed by atoms with Gasteiger partial charge in [-0.25, -0.2) is 9.69 Å². The Morgan fingerprint density at radius 1 is 1.03 bits per heavy atom. The van der Waals surface area contributed by atoms with Crippen molar-refractivity contribution in [3.05, 3.63) is 59.7 Å². The maximum atomic E-state index is 12.8. The monoisotopic (exact) mass is 420 g/mol. The van der Waals surface area contributed by atoms with E-state index in [2.05, 4.69) is 0 Å². The molecule has 1 unspecified atom stereocenters. The number of amides is 4. The van der Waals surface area contributed by atoms with E-state index in [4.69, 9.17) is 4.74 Å². The topological polar surface area (TPSA) is 66.9 Å². The molecule has 1 aliphatic heterocycles. The van der Waals surface area contributed by atoms with Crippen LogP contribution in [0.4, 0.5) is 13.6 Å². The summed E-state index contributed by atoms with van der Waals surface area (Å²) in [5.74, 6) is -4.24. The molecule has 2 aromatic carbocycles. The summed E-state index contributed by atoms with van der Waals surface area (Å²) in [5, 5.41) is 0. The van der Waals surface area contributed by atoms with Gasteiger partial charge in [0.15, 0.2) is 0 Å². The van der Waals surface area contributed by atoms with Gasteiger partial charge in [0.25, 0.3) is 5.76 Å². The average Bonchev–Trinajstić information content (AvgIpc) is 2.92. The Balaban J connectivity index is 1.82. The molecule has 0 bridgehead atoms. The van der Waals surface area contributed by atoms with E-state index in [9.17, 15) is 23.2 Å². The van der Waals surface area contributed by atoms with Crippen molar-refractivity contribution in [2.45, 2.75) is 30.2 Å². The molecule has 1 aliphatic rings. The molecule has 6 nitrogen and oxygen atoms in total. The van der Waals surface area contributed by atoms with Crippen LogP contribution in [0.25, 0.3) is 0 Å². The van der Waals surface area contributed by atoms with Gasteiger partial charge in [-0.2, -0.15) is 8.78 Å². The van der Waals surface area contributed by atoms with Gasteiger partial charge >= 0.3 is 17.8 Å². The molecule has 0 N–H and O–H groups in total. The Labute approximate surface area is 170 Å². The normalized spacial score (nSPS) is 15.4. The van der Waals surface area contributed by atoms with Crippen molar-refractivity contribution in [2.24, 2.45) is 0 Å². The molecule has 0 spiro atoms. The van der Waals surface area contributed by atoms with Crippen LogP contribution in [0.5, 0.6) is 5.75 Å². The highest BCUT2D eigenvalue weighted by Gasteiger charge is 2.46. The second-order valence-electron chi connectivity index (χ2n) is 6.30. The molecular formula is C20H18F2N2O4S. The van der Waals surface area contributed by atoms with E-state index in [1.54, 1.807) is 31.2 Å². The van der Waals surface area contributed by atoms with Gasteiger partial charge in [-0.15, -0.1) is 0 Å². The summed E-state index contributed by atoms with van der Waals surface area (Å²) in [6, 6.07) is 12.0. The van der Waals surface area contributed by atoms with Crippen molar-refractivity contribution in [2.75, 3.05) is 7.11 Å². The number of methoxy groups -OCH3 is 1. The van der Waals surface area contributed by atoms with E-state index in [1.807, 2.05) is 6.07 Å². The number of hydrogen-bond donors (Lipinski definition) is 0. The fourth-order valence-corrected chi connectivity index (χ4v) is 3.67. The first-order valence-corrected chi connectivity index (χ1v) is 9.57. The Morgan fingerprint density at radius 3 is 2.34 bits per heavy atom. The zero-order valence-corrected chi connectivity index (χ0v) is 16.5. The number of ether oxygens (including phenoxy) is 1. The van der Waals surface area contributed by atoms with E-state index in [-0.39, 0.29) is 17.2 Å². The predicted molar refractivity (Wildman–Crippen MR) is 103 cm³/mol. The maximum absolute atomic E-state index is 12.8. The first-order valence-electron chi connectivity index (χ1n) is 8.69. The van der Waals surface area contributed by atoms with Gasteiger partial charge in [0.05, 0.1) is 24.6 Å². The lowest BCUT2D eigenvalue weighted by Gasteiger charge is -2.22. The number of urea groups is 1. The Hall–Kier alpha value is -2.94. The van der Waals surface area contributed by atoms with E-state index >= 15 is 0 Å². The number of alkyl halides is 2. The summed E-state index contributed by atoms with van der Waals surface area (Å²) in [4.78, 5) is 39.6. The lowest BCUT2D eigenvalue weighted by Crippen LogP contribution is -2.35. The molecule has 4 amide bonds. The number of hydrogen-bond acceptors (Lipinski definition) is 5. The molecule has 29 heavy (non-hydrogen) atoms. The van der Waals surface area contributed by atoms with Crippen molar-refractivity contribution < 1.29 is 27.9 Å². The van der Waals surface area contributed by atoms with Crippen LogP contribution in [-0.4, -0.2) is 40.5 Å². The van der Waals surface area contributed by atoms with Crippen molar-refractivity contribution in [3.63, 3.8) is 0 Å². The number of carbonyl (C=O) groups excluding carboxylic acids is 3. The average molecular weight is 420 g/mol. The van der Waals surface area contributed by atoms with Crippen LogP contribution in [0.3, 0.4) is 0 Å². The minimum atomic E-state index is -2.61. The number of rotatable bonds is 7. The standard InChI is InChI=1S/C20H18F2N2O4S/c1-12(14-6-4-3-5-7-14)24-18(26)17(25)23(20(24)27)11-13-8-9-16(29-19(21)22)15(10-13)28-2/h3-10,12,19H,11H2,1-2H3. The van der Waals surface area contributed by atoms with Gasteiger partial charge in [0.1, 0.15) is 5.75 Å². The largest absolute Gasteiger partial charge is 0.496 e. The van der Waals surface area contributed by atoms with Gasteiger partial charge in [-0.3, -0.25) is 14.5 Å². The highest BCUT2D eigenvalue weighted by atomic mass is 32.2. The predicted octanol–water partition coefficient (Wildman–Crippen LogP) is 4.06. The van der Waals surface area contributed by atoms with Crippen molar-refractivity contribution >= 4 is 29.6 Å². The molecule has 2 aromatic rings. The lowest BCUT2D eigenvalue weighted by molar-refractivity contribution is -0.144. The van der Waals surface area contributed by atoms with Gasteiger partial charge in [0.2, 0.25) is 0 Å². The molecule has 9 heteroatoms. The molecule has 152 valence electrons. The number of halogens is 2. The number of nitrogens with zero attached hydrogens (tertiary/aromatic N) is 2. The third kappa shape index (κ3) is 4.24. The van der Waals surface area contributed by atoms with E-state index in [0.29, 0.717) is 17.3 Å². The summed E-state index contributed by atoms with van der Waals surface area (Å²) < 4.78 is 30.4. The summed E-state index contributed by atoms with van der Waals surface area (Å²) in [7, 11) is 1.34. The van der Waals surface area contributed by atoms with Crippen LogP contribution in [-0.2, 0) is 16.1 Å². The Morgan fingerprint density at radius 2 is 1.72 bits per heavy atom. The number of imide groups is 2. The molecule has 1 heterocycles. The molecule has 0 aromatic heterocycles. The van der Waals surface area contributed by atoms with Gasteiger partial charge < -0.3 is 4.74 Å². The van der Waals surface area contributed by atoms with E-state index in [1.165, 1.54) is 25.3 Å². The fourth-order valence-electron chi connectivity index (χ4n) is 3.07. The zero-order chi connectivity index (χ0) is 21.1. The van der Waals surface area contributed by atoms with Crippen LogP contribution in [0, 0.1) is 0 Å². The second-order valence-corrected chi connectivity index (χ2v) is 7.33. The third-order valence-electron chi connectivity index (χ3n) is 4.54. The van der Waals surface area contributed by atoms with Gasteiger partial charge in [-0.1, -0.05) is 48.2 Å². The van der Waals surface area contributed by atoms with Crippen molar-refractivity contribution in [3.8, 4) is 5.75 Å². The summed E-state index contributed by atoms with van der Waals surface area (Å²) >= 11 is 0.336. The molecule has 0 saturated carbocycles. The van der Waals surface area contributed by atoms with E-state index in [0.717, 1.165) is 15.4 Å². The number of thioether (sulfide) groups is 1. The fraction of sp³-hybridized carbons (Fsp3) is 0.250. The second kappa shape index (κ2) is 8.60. The summed E-state index contributed by atoms with van der Waals surface area (Å²) in [5.41, 5.74) is 1.20. The molecule has 1 saturated heterocycles. The summed E-state index contributed by atoms with van der Waals surface area (Å²) in [6.45, 7) is 1.50. The molecule has 0 radical (unpaired) electrons. The molecule has 0 aliphatic carbocycles. The van der Waals surface area contributed by atoms with Crippen LogP contribution in [0.15, 0.2) is 53.4 Å². The first kappa shape index (κ1) is 20.8. The van der Waals surface area contributed by atoms with Crippen LogP contribution in [0.1, 0.15) is 24.1 Å². The van der Waals surface area contributed by atoms with Crippen molar-refractivity contribution in [1.29, 1.82) is 0 Å². The van der Waals surface area contributed by atoms with Crippen LogP contribution >= 0.6 is 11.8 Å². The summed E-state index contributed by atoms with van der Waals surface area (Å²) in [6.07, 6.45) is 0. The van der Waals surface area contributed by atoms with Crippen LogP contribution < -0.4 is 4.74 Å². The lowest BCUT2D eigenvalue weighted by atomic mass is 10.1. The van der Waals surface area contributed by atoms with Crippen LogP contribution in [0.2, 0.25) is 0 Å². The zero-order valence-electron chi connectivity index (χ0n) is 15.7. The molecule has 3 rings (SSSR count). The third-order valence-corrected chi connectivity index (χ3v) is 5.31. The quantitative estimate of drug-likeness (QED) is 0.384. The van der Waals surface area contributed by atoms with E-state index < -0.39 is 29.6 Å². The molecule has 1 fully saturated rings. The van der Waals surface area contributed by atoms with Crippen molar-refractivity contribution in [1.82, 2.24) is 9.80 Å². The SMILES string of the molecule is COc1cc(CN2C(=O)C(=O)N(C(C)c3ccccc3)C2=O)ccc1SC(F)F. The Kier molecular flexibility index (Phi) is 6.17. The number of carbonyl (C=O) groups is 3. The smallest absolute Gasteiger partial charge is 0.335 e. The molecular weight excluding hydrogens is 402 g/mol. The van der Waals surface area contributed by atoms with Gasteiger partial charge in [-0.05, 0) is 30.2 Å². The highest BCUT2D eigenvalue weighted by molar-refractivity contribution is 7.99. The number of benzene rings is 2. The minimum Gasteiger partial charge on any atom is -0.496 e. The maximum Gasteiger partial charge on any atom is 0.335 e. The minimum absolute atomic E-state index is 0.169. The van der Waals surface area contributed by atoms with Gasteiger partial charge in [0, 0.05) is 0 Å².